The van der Waals surface area contributed by atoms with E-state index in [1.807, 2.05) is 6.07 Å². The van der Waals surface area contributed by atoms with Crippen LogP contribution in [0.4, 0.5) is 5.69 Å². The molecule has 0 radical (unpaired) electrons. The minimum atomic E-state index is -3.41. The van der Waals surface area contributed by atoms with Crippen LogP contribution in [-0.4, -0.2) is 20.1 Å². The number of hydrogen-bond acceptors (Lipinski definition) is 5. The van der Waals surface area contributed by atoms with Gasteiger partial charge in [0.25, 0.3) is 0 Å². The lowest BCUT2D eigenvalue weighted by molar-refractivity contribution is -0.115. The van der Waals surface area contributed by atoms with Gasteiger partial charge in [-0.25, -0.2) is 8.42 Å². The molecule has 0 unspecified atom stereocenters. The monoisotopic (exact) mass is 320 g/mol. The van der Waals surface area contributed by atoms with E-state index in [9.17, 15) is 13.2 Å². The van der Waals surface area contributed by atoms with Crippen LogP contribution in [0, 0.1) is 11.3 Å². The van der Waals surface area contributed by atoms with Gasteiger partial charge in [-0.05, 0) is 29.6 Å². The van der Waals surface area contributed by atoms with Gasteiger partial charge < -0.3 is 5.32 Å². The molecule has 0 aliphatic heterocycles. The third-order valence-corrected chi connectivity index (χ3v) is 5.88. The number of rotatable bonds is 5. The zero-order valence-electron chi connectivity index (χ0n) is 10.9. The lowest BCUT2D eigenvalue weighted by Gasteiger charge is -2.05. The number of hydrogen-bond donors (Lipinski definition) is 1. The second-order valence-corrected chi connectivity index (χ2v) is 7.53. The maximum absolute atomic E-state index is 11.9. The van der Waals surface area contributed by atoms with Crippen molar-refractivity contribution in [1.82, 2.24) is 0 Å². The second-order valence-electron chi connectivity index (χ2n) is 4.24. The van der Waals surface area contributed by atoms with E-state index in [2.05, 4.69) is 5.32 Å². The summed E-state index contributed by atoms with van der Waals surface area (Å²) < 4.78 is 24.1. The Labute approximate surface area is 126 Å². The van der Waals surface area contributed by atoms with Gasteiger partial charge in [0, 0.05) is 12.1 Å². The van der Waals surface area contributed by atoms with Gasteiger partial charge >= 0.3 is 0 Å². The van der Waals surface area contributed by atoms with Crippen molar-refractivity contribution in [3.05, 3.63) is 47.3 Å². The van der Waals surface area contributed by atoms with E-state index < -0.39 is 15.7 Å². The van der Waals surface area contributed by atoms with Crippen LogP contribution in [0.2, 0.25) is 0 Å². The molecule has 1 aromatic carbocycles. The van der Waals surface area contributed by atoms with Crippen molar-refractivity contribution in [2.24, 2.45) is 0 Å². The van der Waals surface area contributed by atoms with Gasteiger partial charge in [0.05, 0.1) is 17.4 Å². The minimum absolute atomic E-state index is 0.128. The van der Waals surface area contributed by atoms with Gasteiger partial charge in [0.1, 0.15) is 4.21 Å². The summed E-state index contributed by atoms with van der Waals surface area (Å²) >= 11 is 1.13. The zero-order chi connectivity index (χ0) is 15.3. The maximum atomic E-state index is 11.9. The molecule has 0 aliphatic rings. The number of benzene rings is 1. The van der Waals surface area contributed by atoms with Crippen LogP contribution in [-0.2, 0) is 14.6 Å². The van der Waals surface area contributed by atoms with Gasteiger partial charge in [-0.1, -0.05) is 12.1 Å². The van der Waals surface area contributed by atoms with E-state index in [0.717, 1.165) is 11.3 Å². The lowest BCUT2D eigenvalue weighted by Crippen LogP contribution is -2.17. The minimum Gasteiger partial charge on any atom is -0.326 e. The van der Waals surface area contributed by atoms with Crippen molar-refractivity contribution in [3.63, 3.8) is 0 Å². The molecule has 0 saturated carbocycles. The van der Waals surface area contributed by atoms with Crippen molar-refractivity contribution < 1.29 is 13.2 Å². The van der Waals surface area contributed by atoms with Crippen LogP contribution >= 0.6 is 11.3 Å². The van der Waals surface area contributed by atoms with E-state index in [0.29, 0.717) is 11.3 Å². The zero-order valence-corrected chi connectivity index (χ0v) is 12.6. The van der Waals surface area contributed by atoms with E-state index in [4.69, 9.17) is 5.26 Å². The fourth-order valence-corrected chi connectivity index (χ4v) is 4.05. The molecule has 1 N–H and O–H groups in total. The van der Waals surface area contributed by atoms with Crippen molar-refractivity contribution in [2.75, 3.05) is 11.1 Å². The van der Waals surface area contributed by atoms with Crippen molar-refractivity contribution >= 4 is 32.8 Å². The number of sulfone groups is 1. The summed E-state index contributed by atoms with van der Waals surface area (Å²) in [6.07, 6.45) is -0.128. The third kappa shape index (κ3) is 4.15. The summed E-state index contributed by atoms with van der Waals surface area (Å²) in [5, 5.41) is 13.0. The largest absolute Gasteiger partial charge is 0.326 e. The molecule has 0 saturated heterocycles. The highest BCUT2D eigenvalue weighted by molar-refractivity contribution is 7.93. The first-order valence-corrected chi connectivity index (χ1v) is 8.61. The van der Waals surface area contributed by atoms with Gasteiger partial charge in [0.2, 0.25) is 5.91 Å². The molecule has 21 heavy (non-hydrogen) atoms. The average molecular weight is 320 g/mol. The van der Waals surface area contributed by atoms with Crippen LogP contribution in [0.5, 0.6) is 0 Å². The Balaban J connectivity index is 1.95. The molecule has 1 amide bonds. The summed E-state index contributed by atoms with van der Waals surface area (Å²) in [4.78, 5) is 11.8. The van der Waals surface area contributed by atoms with E-state index in [1.54, 1.807) is 29.6 Å². The highest BCUT2D eigenvalue weighted by Crippen LogP contribution is 2.18. The van der Waals surface area contributed by atoms with Gasteiger partial charge in [-0.15, -0.1) is 11.3 Å². The predicted molar refractivity (Wildman–Crippen MR) is 80.8 cm³/mol. The number of carbonyl (C=O) groups is 1. The number of anilines is 1. The Morgan fingerprint density at radius 3 is 2.76 bits per heavy atom. The SMILES string of the molecule is N#Cc1cccc(NC(=O)CCS(=O)(=O)c2cccs2)c1. The Morgan fingerprint density at radius 1 is 1.29 bits per heavy atom. The molecule has 1 heterocycles. The number of thiophene rings is 1. The molecular formula is C14H12N2O3S2. The molecule has 5 nitrogen and oxygen atoms in total. The first-order valence-electron chi connectivity index (χ1n) is 6.07. The maximum Gasteiger partial charge on any atom is 0.225 e. The molecular weight excluding hydrogens is 308 g/mol. The van der Waals surface area contributed by atoms with Crippen LogP contribution in [0.3, 0.4) is 0 Å². The first kappa shape index (κ1) is 15.2. The van der Waals surface area contributed by atoms with Crippen molar-refractivity contribution in [2.45, 2.75) is 10.6 Å². The Morgan fingerprint density at radius 2 is 2.10 bits per heavy atom. The molecule has 2 rings (SSSR count). The highest BCUT2D eigenvalue weighted by Gasteiger charge is 2.17. The first-order chi connectivity index (χ1) is 10.0. The Bertz CT molecular complexity index is 775. The van der Waals surface area contributed by atoms with E-state index >= 15 is 0 Å². The van der Waals surface area contributed by atoms with E-state index in [-0.39, 0.29) is 16.4 Å². The molecule has 0 atom stereocenters. The van der Waals surface area contributed by atoms with Crippen LogP contribution in [0.1, 0.15) is 12.0 Å². The molecule has 0 aliphatic carbocycles. The van der Waals surface area contributed by atoms with Gasteiger partial charge in [-0.2, -0.15) is 5.26 Å². The van der Waals surface area contributed by atoms with Crippen LogP contribution < -0.4 is 5.32 Å². The molecule has 0 fully saturated rings. The Hall–Kier alpha value is -2.17. The van der Waals surface area contributed by atoms with Crippen molar-refractivity contribution in [1.29, 1.82) is 5.26 Å². The normalized spacial score (nSPS) is 10.8. The fraction of sp³-hybridized carbons (Fsp3) is 0.143. The lowest BCUT2D eigenvalue weighted by atomic mass is 10.2. The number of nitrogens with one attached hydrogen (secondary N) is 1. The third-order valence-electron chi connectivity index (χ3n) is 2.67. The summed E-state index contributed by atoms with van der Waals surface area (Å²) in [6.45, 7) is 0. The van der Waals surface area contributed by atoms with Crippen molar-refractivity contribution in [3.8, 4) is 6.07 Å². The summed E-state index contributed by atoms with van der Waals surface area (Å²) in [7, 11) is -3.41. The number of nitrogens with zero attached hydrogens (tertiary/aromatic N) is 1. The predicted octanol–water partition coefficient (Wildman–Crippen LogP) is 2.42. The second kappa shape index (κ2) is 6.52. The molecule has 1 aromatic heterocycles. The molecule has 0 bridgehead atoms. The number of carbonyl (C=O) groups excluding carboxylic acids is 1. The average Bonchev–Trinajstić information content (AvgIpc) is 3.00. The van der Waals surface area contributed by atoms with E-state index in [1.165, 1.54) is 12.1 Å². The topological polar surface area (TPSA) is 87.0 Å². The smallest absolute Gasteiger partial charge is 0.225 e. The van der Waals surface area contributed by atoms with Gasteiger partial charge in [0.15, 0.2) is 9.84 Å². The van der Waals surface area contributed by atoms with Gasteiger partial charge in [-0.3, -0.25) is 4.79 Å². The summed E-state index contributed by atoms with van der Waals surface area (Å²) in [5.41, 5.74) is 0.909. The quantitative estimate of drug-likeness (QED) is 0.916. The number of amides is 1. The van der Waals surface area contributed by atoms with Crippen LogP contribution in [0.25, 0.3) is 0 Å². The Kier molecular flexibility index (Phi) is 4.73. The number of nitriles is 1. The molecule has 0 spiro atoms. The fourth-order valence-electron chi connectivity index (χ4n) is 1.66. The molecule has 108 valence electrons. The summed E-state index contributed by atoms with van der Waals surface area (Å²) in [6, 6.07) is 11.6. The molecule has 7 heteroatoms. The van der Waals surface area contributed by atoms with Crippen LogP contribution in [0.15, 0.2) is 46.0 Å². The highest BCUT2D eigenvalue weighted by atomic mass is 32.2. The molecule has 2 aromatic rings. The standard InChI is InChI=1S/C14H12N2O3S2/c15-10-11-3-1-4-12(9-11)16-13(17)6-8-21(18,19)14-5-2-7-20-14/h1-5,7,9H,6,8H2,(H,16,17). The summed E-state index contributed by atoms with van der Waals surface area (Å²) in [5.74, 6) is -0.637.